The second kappa shape index (κ2) is 16.2. The molecule has 0 spiro atoms. The smallest absolute Gasteiger partial charge is 0.239 e. The van der Waals surface area contributed by atoms with Gasteiger partial charge in [-0.2, -0.15) is 0 Å². The Labute approximate surface area is 270 Å². The van der Waals surface area contributed by atoms with Crippen molar-refractivity contribution in [2.75, 3.05) is 39.3 Å². The van der Waals surface area contributed by atoms with Crippen molar-refractivity contribution in [1.82, 2.24) is 20.4 Å². The van der Waals surface area contributed by atoms with Gasteiger partial charge < -0.3 is 20.4 Å². The predicted molar refractivity (Wildman–Crippen MR) is 182 cm³/mol. The molecule has 0 bridgehead atoms. The van der Waals surface area contributed by atoms with Gasteiger partial charge in [0.15, 0.2) is 0 Å². The quantitative estimate of drug-likeness (QED) is 0.165. The Morgan fingerprint density at radius 2 is 1.62 bits per heavy atom. The fourth-order valence-electron chi connectivity index (χ4n) is 6.35. The maximum absolute atomic E-state index is 14.2. The average molecular weight is 699 g/mol. The van der Waals surface area contributed by atoms with Crippen LogP contribution in [0.15, 0.2) is 78.9 Å². The second-order valence-electron chi connectivity index (χ2n) is 11.7. The number of amides is 1. The van der Waals surface area contributed by atoms with Gasteiger partial charge in [0.05, 0.1) is 6.04 Å². The molecule has 224 valence electrons. The van der Waals surface area contributed by atoms with E-state index in [-0.39, 0.29) is 23.9 Å². The molecule has 5 rings (SSSR count). The molecule has 0 aliphatic carbocycles. The SMILES string of the molecule is O=C1[C@H](CCN2CCCCC2)N[C@H](CNCc2ccc(Cl)c(CI)c2)CCN1CC(c1ccccc1)c1ccccc1. The summed E-state index contributed by atoms with van der Waals surface area (Å²) in [5.74, 6) is 0.390. The third-order valence-corrected chi connectivity index (χ3v) is 9.95. The number of nitrogens with zero attached hydrogens (tertiary/aromatic N) is 2. The Bertz CT molecular complexity index is 1210. The van der Waals surface area contributed by atoms with E-state index in [2.05, 4.69) is 116 Å². The van der Waals surface area contributed by atoms with Gasteiger partial charge in [-0.05, 0) is 67.1 Å². The molecule has 0 saturated carbocycles. The molecule has 2 aliphatic heterocycles. The van der Waals surface area contributed by atoms with Crippen LogP contribution in [-0.2, 0) is 15.8 Å². The maximum atomic E-state index is 14.2. The normalized spacial score (nSPS) is 20.2. The molecule has 3 aromatic rings. The van der Waals surface area contributed by atoms with E-state index in [1.807, 2.05) is 6.07 Å². The lowest BCUT2D eigenvalue weighted by Crippen LogP contribution is -2.50. The van der Waals surface area contributed by atoms with E-state index in [0.29, 0.717) is 6.54 Å². The number of nitrogens with one attached hydrogen (secondary N) is 2. The van der Waals surface area contributed by atoms with Crippen LogP contribution in [0, 0.1) is 0 Å². The summed E-state index contributed by atoms with van der Waals surface area (Å²) < 4.78 is 0.901. The zero-order chi connectivity index (χ0) is 29.1. The van der Waals surface area contributed by atoms with Crippen LogP contribution in [-0.4, -0.2) is 67.1 Å². The number of hydrogen-bond acceptors (Lipinski definition) is 4. The van der Waals surface area contributed by atoms with Crippen molar-refractivity contribution in [3.8, 4) is 0 Å². The van der Waals surface area contributed by atoms with Crippen LogP contribution in [0.3, 0.4) is 0 Å². The number of alkyl halides is 1. The van der Waals surface area contributed by atoms with E-state index in [4.69, 9.17) is 11.6 Å². The average Bonchev–Trinajstić information content (AvgIpc) is 3.18. The van der Waals surface area contributed by atoms with Crippen LogP contribution in [0.1, 0.15) is 60.3 Å². The van der Waals surface area contributed by atoms with Crippen molar-refractivity contribution in [3.63, 3.8) is 0 Å². The molecule has 7 heteroatoms. The third-order valence-electron chi connectivity index (χ3n) is 8.76. The van der Waals surface area contributed by atoms with Gasteiger partial charge in [-0.15, -0.1) is 0 Å². The number of rotatable bonds is 12. The van der Waals surface area contributed by atoms with Gasteiger partial charge in [0, 0.05) is 54.1 Å². The second-order valence-corrected chi connectivity index (χ2v) is 12.9. The summed E-state index contributed by atoms with van der Waals surface area (Å²) in [6, 6.07) is 27.7. The minimum atomic E-state index is -0.172. The topological polar surface area (TPSA) is 47.6 Å². The third kappa shape index (κ3) is 8.79. The Kier molecular flexibility index (Phi) is 12.1. The number of hydrogen-bond donors (Lipinski definition) is 2. The lowest BCUT2D eigenvalue weighted by atomic mass is 9.90. The summed E-state index contributed by atoms with van der Waals surface area (Å²) in [6.07, 6.45) is 5.64. The van der Waals surface area contributed by atoms with Crippen LogP contribution in [0.4, 0.5) is 0 Å². The van der Waals surface area contributed by atoms with Gasteiger partial charge in [-0.3, -0.25) is 4.79 Å². The lowest BCUT2D eigenvalue weighted by Gasteiger charge is -2.31. The first-order valence-corrected chi connectivity index (χ1v) is 17.4. The molecule has 0 unspecified atom stereocenters. The first-order valence-electron chi connectivity index (χ1n) is 15.5. The molecule has 1 amide bonds. The molecule has 2 saturated heterocycles. The monoisotopic (exact) mass is 698 g/mol. The fraction of sp³-hybridized carbons (Fsp3) is 0.457. The highest BCUT2D eigenvalue weighted by Gasteiger charge is 2.33. The van der Waals surface area contributed by atoms with E-state index in [9.17, 15) is 4.79 Å². The molecule has 2 aliphatic rings. The Balaban J connectivity index is 1.29. The van der Waals surface area contributed by atoms with Crippen molar-refractivity contribution in [2.45, 2.75) is 61.1 Å². The Morgan fingerprint density at radius 3 is 2.29 bits per heavy atom. The largest absolute Gasteiger partial charge is 0.340 e. The minimum absolute atomic E-state index is 0.144. The molecule has 2 fully saturated rings. The summed E-state index contributed by atoms with van der Waals surface area (Å²) >= 11 is 8.70. The summed E-state index contributed by atoms with van der Waals surface area (Å²) in [7, 11) is 0. The van der Waals surface area contributed by atoms with Crippen molar-refractivity contribution >= 4 is 40.1 Å². The van der Waals surface area contributed by atoms with Crippen LogP contribution >= 0.6 is 34.2 Å². The van der Waals surface area contributed by atoms with Gasteiger partial charge in [-0.25, -0.2) is 0 Å². The minimum Gasteiger partial charge on any atom is -0.340 e. The van der Waals surface area contributed by atoms with Crippen LogP contribution < -0.4 is 10.6 Å². The van der Waals surface area contributed by atoms with Crippen LogP contribution in [0.25, 0.3) is 0 Å². The number of likely N-dealkylation sites (tertiary alicyclic amines) is 1. The lowest BCUT2D eigenvalue weighted by molar-refractivity contribution is -0.133. The highest BCUT2D eigenvalue weighted by Crippen LogP contribution is 2.27. The maximum Gasteiger partial charge on any atom is 0.239 e. The van der Waals surface area contributed by atoms with Gasteiger partial charge in [0.1, 0.15) is 0 Å². The molecule has 42 heavy (non-hydrogen) atoms. The summed E-state index contributed by atoms with van der Waals surface area (Å²) in [5.41, 5.74) is 4.93. The highest BCUT2D eigenvalue weighted by atomic mass is 127. The van der Waals surface area contributed by atoms with E-state index < -0.39 is 0 Å². The number of carbonyl (C=O) groups is 1. The number of benzene rings is 3. The van der Waals surface area contributed by atoms with E-state index in [0.717, 1.165) is 61.6 Å². The zero-order valence-corrected chi connectivity index (χ0v) is 27.4. The van der Waals surface area contributed by atoms with Crippen molar-refractivity contribution < 1.29 is 4.79 Å². The number of carbonyl (C=O) groups excluding carboxylic acids is 1. The van der Waals surface area contributed by atoms with E-state index in [1.165, 1.54) is 41.5 Å². The molecular weight excluding hydrogens is 655 g/mol. The molecule has 0 radical (unpaired) electrons. The van der Waals surface area contributed by atoms with Crippen molar-refractivity contribution in [3.05, 3.63) is 106 Å². The van der Waals surface area contributed by atoms with Crippen molar-refractivity contribution in [2.24, 2.45) is 0 Å². The molecular formula is C35H44ClIN4O. The van der Waals surface area contributed by atoms with Crippen LogP contribution in [0.5, 0.6) is 0 Å². The van der Waals surface area contributed by atoms with Gasteiger partial charge >= 0.3 is 0 Å². The van der Waals surface area contributed by atoms with Gasteiger partial charge in [0.25, 0.3) is 0 Å². The number of piperidine rings is 1. The van der Waals surface area contributed by atoms with Crippen molar-refractivity contribution in [1.29, 1.82) is 0 Å². The molecule has 2 heterocycles. The zero-order valence-electron chi connectivity index (χ0n) is 24.5. The first-order chi connectivity index (χ1) is 20.6. The van der Waals surface area contributed by atoms with E-state index in [1.54, 1.807) is 0 Å². The summed E-state index contributed by atoms with van der Waals surface area (Å²) in [5, 5.41) is 8.30. The van der Waals surface area contributed by atoms with Gasteiger partial charge in [-0.1, -0.05) is 113 Å². The van der Waals surface area contributed by atoms with Gasteiger partial charge in [0.2, 0.25) is 5.91 Å². The van der Waals surface area contributed by atoms with Crippen LogP contribution in [0.2, 0.25) is 5.02 Å². The Hall–Kier alpha value is -1.97. The molecule has 3 aromatic carbocycles. The fourth-order valence-corrected chi connectivity index (χ4v) is 7.39. The molecule has 2 atom stereocenters. The molecule has 0 aromatic heterocycles. The predicted octanol–water partition coefficient (Wildman–Crippen LogP) is 6.63. The highest BCUT2D eigenvalue weighted by molar-refractivity contribution is 14.1. The number of halogens is 2. The molecule has 5 nitrogen and oxygen atoms in total. The summed E-state index contributed by atoms with van der Waals surface area (Å²) in [4.78, 5) is 18.9. The standard InChI is InChI=1S/C35H44ClIN4O/c36-33-15-14-27(22-30(33)23-37)24-38-25-31-16-21-41(35(42)34(39-31)17-20-40-18-8-3-9-19-40)26-32(28-10-4-1-5-11-28)29-12-6-2-7-13-29/h1-2,4-7,10-15,22,31-32,34,38-39H,3,8-9,16-21,23-26H2/t31-,34-/m0/s1. The summed E-state index contributed by atoms with van der Waals surface area (Å²) in [6.45, 7) is 6.35. The first kappa shape index (κ1) is 31.5. The molecule has 2 N–H and O–H groups in total. The Morgan fingerprint density at radius 1 is 0.929 bits per heavy atom. The van der Waals surface area contributed by atoms with E-state index >= 15 is 0 Å².